The molecule has 1 aromatic heterocycles. The fourth-order valence-electron chi connectivity index (χ4n) is 2.18. The van der Waals surface area contributed by atoms with E-state index in [4.69, 9.17) is 4.74 Å². The number of H-pyrrole nitrogens is 1. The van der Waals surface area contributed by atoms with Crippen LogP contribution in [-0.4, -0.2) is 23.5 Å². The maximum atomic E-state index is 12.2. The fourth-order valence-corrected chi connectivity index (χ4v) is 3.15. The molecule has 0 unspecified atom stereocenters. The monoisotopic (exact) mass is 498 g/mol. The van der Waals surface area contributed by atoms with Crippen molar-refractivity contribution in [2.45, 2.75) is 0 Å². The number of amides is 1. The number of rotatable bonds is 4. The Morgan fingerprint density at radius 3 is 2.54 bits per heavy atom. The van der Waals surface area contributed by atoms with Crippen molar-refractivity contribution >= 4 is 67.0 Å². The molecule has 0 radical (unpaired) electrons. The molecule has 5 nitrogen and oxygen atoms in total. The molecular formula is C17H12BrIN2O3. The van der Waals surface area contributed by atoms with Crippen LogP contribution in [0.15, 0.2) is 53.0 Å². The lowest BCUT2D eigenvalue weighted by molar-refractivity contribution is -0.119. The normalized spacial score (nSPS) is 10.6. The van der Waals surface area contributed by atoms with E-state index >= 15 is 0 Å². The second-order valence-corrected chi connectivity index (χ2v) is 7.03. The summed E-state index contributed by atoms with van der Waals surface area (Å²) in [4.78, 5) is 27.0. The van der Waals surface area contributed by atoms with Crippen LogP contribution in [-0.2, 0) is 9.53 Å². The molecule has 0 bridgehead atoms. The number of anilines is 1. The van der Waals surface area contributed by atoms with Crippen LogP contribution in [0.2, 0.25) is 0 Å². The van der Waals surface area contributed by atoms with E-state index in [1.807, 2.05) is 36.4 Å². The molecule has 1 amide bonds. The first-order chi connectivity index (χ1) is 11.5. The molecule has 3 rings (SSSR count). The van der Waals surface area contributed by atoms with E-state index < -0.39 is 11.9 Å². The Labute approximate surface area is 160 Å². The smallest absolute Gasteiger partial charge is 0.356 e. The van der Waals surface area contributed by atoms with Gasteiger partial charge in [-0.1, -0.05) is 18.2 Å². The molecule has 0 saturated carbocycles. The Balaban J connectivity index is 1.63. The Morgan fingerprint density at radius 2 is 1.83 bits per heavy atom. The summed E-state index contributed by atoms with van der Waals surface area (Å²) in [5.74, 6) is -0.979. The lowest BCUT2D eigenvalue weighted by Gasteiger charge is -2.06. The minimum atomic E-state index is -0.587. The maximum Gasteiger partial charge on any atom is 0.356 e. The first kappa shape index (κ1) is 17.0. The molecule has 3 aromatic rings. The number of fused-ring (bicyclic) bond motifs is 1. The number of para-hydroxylation sites is 1. The molecule has 7 heteroatoms. The predicted molar refractivity (Wildman–Crippen MR) is 104 cm³/mol. The molecule has 0 atom stereocenters. The fraction of sp³-hybridized carbons (Fsp3) is 0.0588. The van der Waals surface area contributed by atoms with Crippen molar-refractivity contribution in [1.29, 1.82) is 0 Å². The number of carbonyl (C=O) groups is 2. The standard InChI is InChI=1S/C17H12BrIN2O3/c18-15-12-3-1-2-4-13(12)21-16(15)17(23)24-9-14(22)20-11-7-5-10(19)6-8-11/h1-8,21H,9H2,(H,20,22). The van der Waals surface area contributed by atoms with E-state index in [1.54, 1.807) is 12.1 Å². The average Bonchev–Trinajstić information content (AvgIpc) is 2.92. The van der Waals surface area contributed by atoms with Gasteiger partial charge in [0.2, 0.25) is 0 Å². The van der Waals surface area contributed by atoms with Crippen LogP contribution in [0.1, 0.15) is 10.5 Å². The largest absolute Gasteiger partial charge is 0.451 e. The molecule has 0 spiro atoms. The van der Waals surface area contributed by atoms with Gasteiger partial charge in [0.1, 0.15) is 5.69 Å². The Morgan fingerprint density at radius 1 is 1.12 bits per heavy atom. The molecule has 0 saturated heterocycles. The van der Waals surface area contributed by atoms with E-state index in [2.05, 4.69) is 48.8 Å². The number of benzene rings is 2. The minimum Gasteiger partial charge on any atom is -0.451 e. The van der Waals surface area contributed by atoms with Gasteiger partial charge in [-0.15, -0.1) is 0 Å². The van der Waals surface area contributed by atoms with Crippen LogP contribution in [0.3, 0.4) is 0 Å². The highest BCUT2D eigenvalue weighted by Gasteiger charge is 2.18. The van der Waals surface area contributed by atoms with E-state index in [9.17, 15) is 9.59 Å². The number of halogens is 2. The Bertz CT molecular complexity index is 906. The minimum absolute atomic E-state index is 0.290. The summed E-state index contributed by atoms with van der Waals surface area (Å²) in [5.41, 5.74) is 1.76. The van der Waals surface area contributed by atoms with Crippen LogP contribution in [0.4, 0.5) is 5.69 Å². The number of hydrogen-bond acceptors (Lipinski definition) is 3. The first-order valence-electron chi connectivity index (χ1n) is 7.03. The zero-order valence-electron chi connectivity index (χ0n) is 12.3. The Kier molecular flexibility index (Phi) is 5.20. The van der Waals surface area contributed by atoms with Crippen LogP contribution < -0.4 is 5.32 Å². The third-order valence-electron chi connectivity index (χ3n) is 3.31. The van der Waals surface area contributed by atoms with Gasteiger partial charge >= 0.3 is 5.97 Å². The first-order valence-corrected chi connectivity index (χ1v) is 8.90. The van der Waals surface area contributed by atoms with Gasteiger partial charge in [0.15, 0.2) is 6.61 Å². The second-order valence-electron chi connectivity index (χ2n) is 4.99. The lowest BCUT2D eigenvalue weighted by atomic mass is 10.2. The number of esters is 1. The number of aromatic nitrogens is 1. The lowest BCUT2D eigenvalue weighted by Crippen LogP contribution is -2.21. The Hall–Kier alpha value is -1.87. The third kappa shape index (κ3) is 3.78. The quantitative estimate of drug-likeness (QED) is 0.415. The van der Waals surface area contributed by atoms with Gasteiger partial charge in [0, 0.05) is 20.2 Å². The van der Waals surface area contributed by atoms with Gasteiger partial charge in [-0.3, -0.25) is 4.79 Å². The summed E-state index contributed by atoms with van der Waals surface area (Å²) in [7, 11) is 0. The predicted octanol–water partition coefficient (Wildman–Crippen LogP) is 4.33. The molecule has 2 N–H and O–H groups in total. The molecule has 0 fully saturated rings. The number of aromatic amines is 1. The van der Waals surface area contributed by atoms with Gasteiger partial charge in [-0.05, 0) is 68.9 Å². The summed E-state index contributed by atoms with van der Waals surface area (Å²) < 4.78 is 6.78. The van der Waals surface area contributed by atoms with Crippen LogP contribution >= 0.6 is 38.5 Å². The van der Waals surface area contributed by atoms with Crippen molar-refractivity contribution in [2.24, 2.45) is 0 Å². The summed E-state index contributed by atoms with van der Waals surface area (Å²) in [6.07, 6.45) is 0. The van der Waals surface area contributed by atoms with Crippen molar-refractivity contribution in [2.75, 3.05) is 11.9 Å². The third-order valence-corrected chi connectivity index (χ3v) is 4.85. The second kappa shape index (κ2) is 7.35. The van der Waals surface area contributed by atoms with E-state index in [1.165, 1.54) is 0 Å². The number of nitrogens with one attached hydrogen (secondary N) is 2. The summed E-state index contributed by atoms with van der Waals surface area (Å²) in [5, 5.41) is 3.56. The topological polar surface area (TPSA) is 71.2 Å². The SMILES string of the molecule is O=C(COC(=O)c1[nH]c2ccccc2c1Br)Nc1ccc(I)cc1. The molecule has 24 heavy (non-hydrogen) atoms. The van der Waals surface area contributed by atoms with E-state index in [0.29, 0.717) is 15.9 Å². The van der Waals surface area contributed by atoms with Crippen molar-refractivity contribution < 1.29 is 14.3 Å². The highest BCUT2D eigenvalue weighted by molar-refractivity contribution is 14.1. The molecule has 2 aromatic carbocycles. The van der Waals surface area contributed by atoms with E-state index in [-0.39, 0.29) is 6.61 Å². The summed E-state index contributed by atoms with van der Waals surface area (Å²) >= 11 is 5.57. The molecule has 0 aliphatic heterocycles. The van der Waals surface area contributed by atoms with Crippen molar-refractivity contribution in [3.8, 4) is 0 Å². The van der Waals surface area contributed by atoms with E-state index in [0.717, 1.165) is 14.5 Å². The van der Waals surface area contributed by atoms with Gasteiger partial charge in [-0.2, -0.15) is 0 Å². The van der Waals surface area contributed by atoms with Gasteiger partial charge in [0.25, 0.3) is 5.91 Å². The molecular weight excluding hydrogens is 487 g/mol. The van der Waals surface area contributed by atoms with Crippen LogP contribution in [0.5, 0.6) is 0 Å². The molecule has 1 heterocycles. The summed E-state index contributed by atoms with van der Waals surface area (Å²) in [6, 6.07) is 14.8. The maximum absolute atomic E-state index is 12.2. The highest BCUT2D eigenvalue weighted by Crippen LogP contribution is 2.28. The number of hydrogen-bond donors (Lipinski definition) is 2. The van der Waals surface area contributed by atoms with Crippen molar-refractivity contribution in [3.63, 3.8) is 0 Å². The van der Waals surface area contributed by atoms with Crippen molar-refractivity contribution in [1.82, 2.24) is 4.98 Å². The highest BCUT2D eigenvalue weighted by atomic mass is 127. The van der Waals surface area contributed by atoms with Gasteiger partial charge in [-0.25, -0.2) is 4.79 Å². The zero-order valence-corrected chi connectivity index (χ0v) is 16.1. The summed E-state index contributed by atoms with van der Waals surface area (Å²) in [6.45, 7) is -0.355. The van der Waals surface area contributed by atoms with Crippen LogP contribution in [0, 0.1) is 3.57 Å². The zero-order chi connectivity index (χ0) is 17.1. The number of carbonyl (C=O) groups excluding carboxylic acids is 2. The number of ether oxygens (including phenoxy) is 1. The van der Waals surface area contributed by atoms with Gasteiger partial charge < -0.3 is 15.0 Å². The molecule has 0 aliphatic rings. The molecule has 122 valence electrons. The average molecular weight is 499 g/mol. The van der Waals surface area contributed by atoms with Gasteiger partial charge in [0.05, 0.1) is 4.47 Å². The van der Waals surface area contributed by atoms with Crippen LogP contribution in [0.25, 0.3) is 10.9 Å². The van der Waals surface area contributed by atoms with Crippen molar-refractivity contribution in [3.05, 3.63) is 62.3 Å². The molecule has 0 aliphatic carbocycles.